The fraction of sp³-hybridized carbons (Fsp3) is 0.324. The van der Waals surface area contributed by atoms with Crippen molar-refractivity contribution >= 4 is 34.7 Å². The number of ether oxygens (including phenoxy) is 1. The predicted octanol–water partition coefficient (Wildman–Crippen LogP) is 4.51. The molecule has 0 radical (unpaired) electrons. The minimum absolute atomic E-state index is 0.0566. The summed E-state index contributed by atoms with van der Waals surface area (Å²) in [6.45, 7) is 2.66. The Morgan fingerprint density at radius 3 is 2.48 bits per heavy atom. The van der Waals surface area contributed by atoms with Crippen LogP contribution in [0.4, 0.5) is 4.79 Å². The van der Waals surface area contributed by atoms with Gasteiger partial charge in [0.1, 0.15) is 18.0 Å². The number of likely N-dealkylation sites (N-methyl/N-ethyl adjacent to an activating group) is 1. The van der Waals surface area contributed by atoms with Crippen molar-refractivity contribution in [3.8, 4) is 5.75 Å². The summed E-state index contributed by atoms with van der Waals surface area (Å²) in [4.78, 5) is 61.9. The maximum absolute atomic E-state index is 14.4. The predicted molar refractivity (Wildman–Crippen MR) is 180 cm³/mol. The van der Waals surface area contributed by atoms with E-state index >= 15 is 0 Å². The quantitative estimate of drug-likeness (QED) is 0.199. The molecule has 248 valence electrons. The van der Waals surface area contributed by atoms with E-state index in [0.717, 1.165) is 40.4 Å². The highest BCUT2D eigenvalue weighted by atomic mass is 16.5. The van der Waals surface area contributed by atoms with Crippen LogP contribution in [0.5, 0.6) is 5.75 Å². The van der Waals surface area contributed by atoms with Gasteiger partial charge in [-0.15, -0.1) is 0 Å². The molecule has 2 aliphatic rings. The smallest absolute Gasteiger partial charge is 0.334 e. The van der Waals surface area contributed by atoms with Gasteiger partial charge in [0.2, 0.25) is 11.8 Å². The number of fused-ring (bicyclic) bond motifs is 2. The Bertz CT molecular complexity index is 1780. The number of esters is 1. The van der Waals surface area contributed by atoms with Crippen LogP contribution in [-0.2, 0) is 33.9 Å². The highest BCUT2D eigenvalue weighted by Crippen LogP contribution is 2.30. The van der Waals surface area contributed by atoms with Gasteiger partial charge in [0.25, 0.3) is 0 Å². The van der Waals surface area contributed by atoms with E-state index in [9.17, 15) is 19.2 Å². The van der Waals surface area contributed by atoms with Crippen molar-refractivity contribution in [1.29, 1.82) is 0 Å². The van der Waals surface area contributed by atoms with Crippen LogP contribution in [0.2, 0.25) is 0 Å². The van der Waals surface area contributed by atoms with Crippen LogP contribution in [0.25, 0.3) is 10.9 Å². The Balaban J connectivity index is 1.29. The lowest BCUT2D eigenvalue weighted by molar-refractivity contribution is -0.187. The minimum atomic E-state index is -0.865. The summed E-state index contributed by atoms with van der Waals surface area (Å²) in [5.41, 5.74) is 3.41. The van der Waals surface area contributed by atoms with Gasteiger partial charge in [0, 0.05) is 44.6 Å². The molecule has 0 bridgehead atoms. The highest BCUT2D eigenvalue weighted by molar-refractivity contribution is 5.92. The zero-order valence-corrected chi connectivity index (χ0v) is 27.2. The summed E-state index contributed by atoms with van der Waals surface area (Å²) >= 11 is 0. The number of piperazine rings is 1. The Hall–Kier alpha value is -5.29. The number of hydrogen-bond donors (Lipinski definition) is 1. The van der Waals surface area contributed by atoms with E-state index in [2.05, 4.69) is 10.3 Å². The fourth-order valence-electron chi connectivity index (χ4n) is 6.42. The van der Waals surface area contributed by atoms with E-state index in [1.165, 1.54) is 0 Å². The number of hydrogen-bond acceptors (Lipinski definition) is 7. The first-order valence-electron chi connectivity index (χ1n) is 16.4. The van der Waals surface area contributed by atoms with E-state index in [1.807, 2.05) is 79.7 Å². The van der Waals surface area contributed by atoms with Crippen molar-refractivity contribution in [1.82, 2.24) is 30.1 Å². The van der Waals surface area contributed by atoms with Crippen LogP contribution in [0, 0.1) is 0 Å². The molecule has 11 heteroatoms. The Labute approximate surface area is 280 Å². The van der Waals surface area contributed by atoms with Crippen molar-refractivity contribution in [3.63, 3.8) is 0 Å². The number of benzene rings is 3. The molecule has 1 aromatic heterocycles. The molecule has 3 aromatic carbocycles. The summed E-state index contributed by atoms with van der Waals surface area (Å²) in [5.74, 6) is -0.311. The van der Waals surface area contributed by atoms with Gasteiger partial charge in [-0.1, -0.05) is 80.1 Å². The number of para-hydroxylation sites is 1. The number of pyridine rings is 1. The number of carbonyl (C=O) groups is 4. The molecule has 1 N–H and O–H groups in total. The van der Waals surface area contributed by atoms with Gasteiger partial charge in [0.15, 0.2) is 0 Å². The lowest BCUT2D eigenvalue weighted by Gasteiger charge is -2.54. The molecule has 0 aliphatic carbocycles. The first-order chi connectivity index (χ1) is 23.3. The first kappa shape index (κ1) is 32.6. The molecule has 11 nitrogen and oxygen atoms in total. The summed E-state index contributed by atoms with van der Waals surface area (Å²) in [6.07, 6.45) is 3.21. The molecule has 0 saturated carbocycles. The number of urea groups is 1. The summed E-state index contributed by atoms with van der Waals surface area (Å²) in [7, 11) is 1.71. The summed E-state index contributed by atoms with van der Waals surface area (Å²) in [6, 6.07) is 25.1. The minimum Gasteiger partial charge on any atom is -0.427 e. The zero-order chi connectivity index (χ0) is 33.6. The van der Waals surface area contributed by atoms with Gasteiger partial charge in [-0.3, -0.25) is 19.4 Å². The van der Waals surface area contributed by atoms with Crippen molar-refractivity contribution in [2.45, 2.75) is 57.9 Å². The Morgan fingerprint density at radius 1 is 0.938 bits per heavy atom. The van der Waals surface area contributed by atoms with E-state index in [0.29, 0.717) is 18.7 Å². The van der Waals surface area contributed by atoms with Gasteiger partial charge in [0.05, 0.1) is 18.6 Å². The second-order valence-corrected chi connectivity index (χ2v) is 12.2. The lowest BCUT2D eigenvalue weighted by atomic mass is 9.98. The second-order valence-electron chi connectivity index (χ2n) is 12.2. The molecular formula is C37H40N6O5. The van der Waals surface area contributed by atoms with Crippen LogP contribution in [-0.4, -0.2) is 81.0 Å². The van der Waals surface area contributed by atoms with Gasteiger partial charge < -0.3 is 19.9 Å². The van der Waals surface area contributed by atoms with Crippen LogP contribution in [0.3, 0.4) is 0 Å². The van der Waals surface area contributed by atoms with E-state index in [-0.39, 0.29) is 49.9 Å². The SMILES string of the molecule is CCCCC(=O)Oc1ccc(C[C@H]2C(=O)N(Cc3cccc4cccnc34)CC3N2C(=O)CN(C)N3C(=O)NCc2ccccc2)cc1. The van der Waals surface area contributed by atoms with Crippen LogP contribution in [0.15, 0.2) is 91.1 Å². The Morgan fingerprint density at radius 2 is 1.71 bits per heavy atom. The Kier molecular flexibility index (Phi) is 9.96. The molecular weight excluding hydrogens is 608 g/mol. The topological polar surface area (TPSA) is 115 Å². The lowest BCUT2D eigenvalue weighted by Crippen LogP contribution is -2.76. The van der Waals surface area contributed by atoms with Crippen molar-refractivity contribution < 1.29 is 23.9 Å². The molecule has 0 spiro atoms. The third kappa shape index (κ3) is 7.16. The number of nitrogens with one attached hydrogen (secondary N) is 1. The number of rotatable bonds is 10. The number of aromatic nitrogens is 1. The first-order valence-corrected chi connectivity index (χ1v) is 16.4. The molecule has 48 heavy (non-hydrogen) atoms. The summed E-state index contributed by atoms with van der Waals surface area (Å²) in [5, 5.41) is 7.13. The van der Waals surface area contributed by atoms with Crippen molar-refractivity contribution in [2.75, 3.05) is 20.1 Å². The van der Waals surface area contributed by atoms with Gasteiger partial charge in [-0.25, -0.2) is 14.8 Å². The third-order valence-electron chi connectivity index (χ3n) is 8.83. The standard InChI is InChI=1S/C37H40N6O5/c1-3-4-15-34(45)48-30-18-16-26(17-19-30)21-31-36(46)41(23-29-13-8-12-28-14-9-20-38-35(28)29)24-32-42(31)33(44)25-40(2)43(32)37(47)39-22-27-10-6-5-7-11-27/h5-14,16-20,31-32H,3-4,15,21-25H2,1-2H3,(H,39,47)/t31-,32?/m0/s1. The van der Waals surface area contributed by atoms with Gasteiger partial charge >= 0.3 is 12.0 Å². The molecule has 2 aliphatic heterocycles. The maximum atomic E-state index is 14.4. The van der Waals surface area contributed by atoms with Crippen LogP contribution < -0.4 is 10.1 Å². The highest BCUT2D eigenvalue weighted by Gasteiger charge is 2.50. The van der Waals surface area contributed by atoms with E-state index < -0.39 is 12.2 Å². The second kappa shape index (κ2) is 14.6. The van der Waals surface area contributed by atoms with Crippen LogP contribution >= 0.6 is 0 Å². The maximum Gasteiger partial charge on any atom is 0.334 e. The van der Waals surface area contributed by atoms with Crippen molar-refractivity contribution in [3.05, 3.63) is 108 Å². The molecule has 6 rings (SSSR count). The molecule has 4 amide bonds. The number of amides is 4. The number of nitrogens with zero attached hydrogens (tertiary/aromatic N) is 5. The molecule has 4 aromatic rings. The number of carbonyl (C=O) groups excluding carboxylic acids is 4. The largest absolute Gasteiger partial charge is 0.427 e. The average Bonchev–Trinajstić information content (AvgIpc) is 3.09. The molecule has 2 atom stereocenters. The van der Waals surface area contributed by atoms with E-state index in [1.54, 1.807) is 45.2 Å². The zero-order valence-electron chi connectivity index (χ0n) is 27.2. The number of hydrazine groups is 1. The normalized spacial score (nSPS) is 18.2. The molecule has 1 unspecified atom stereocenters. The molecule has 2 fully saturated rings. The average molecular weight is 649 g/mol. The fourth-order valence-corrected chi connectivity index (χ4v) is 6.42. The molecule has 3 heterocycles. The molecule has 2 saturated heterocycles. The van der Waals surface area contributed by atoms with Gasteiger partial charge in [-0.05, 0) is 41.3 Å². The monoisotopic (exact) mass is 648 g/mol. The van der Waals surface area contributed by atoms with E-state index in [4.69, 9.17) is 4.74 Å². The third-order valence-corrected chi connectivity index (χ3v) is 8.83. The number of unbranched alkanes of at least 4 members (excludes halogenated alkanes) is 1. The van der Waals surface area contributed by atoms with Crippen molar-refractivity contribution in [2.24, 2.45) is 0 Å². The summed E-state index contributed by atoms with van der Waals surface area (Å²) < 4.78 is 5.47. The van der Waals surface area contributed by atoms with Crippen LogP contribution in [0.1, 0.15) is 42.9 Å². The van der Waals surface area contributed by atoms with Gasteiger partial charge in [-0.2, -0.15) is 0 Å².